The van der Waals surface area contributed by atoms with Crippen LogP contribution in [0.2, 0.25) is 0 Å². The summed E-state index contributed by atoms with van der Waals surface area (Å²) in [7, 11) is 0. The Morgan fingerprint density at radius 1 is 1.24 bits per heavy atom. The molecular formula is C16H15BrN2O2. The van der Waals surface area contributed by atoms with E-state index in [1.807, 2.05) is 36.4 Å². The van der Waals surface area contributed by atoms with Crippen molar-refractivity contribution in [3.05, 3.63) is 46.4 Å². The number of fused-ring (bicyclic) bond motifs is 1. The van der Waals surface area contributed by atoms with Crippen molar-refractivity contribution >= 4 is 38.5 Å². The highest BCUT2D eigenvalue weighted by Crippen LogP contribution is 2.27. The second-order valence-corrected chi connectivity index (χ2v) is 6.23. The summed E-state index contributed by atoms with van der Waals surface area (Å²) in [6.45, 7) is 0.988. The molecule has 0 aromatic heterocycles. The fraction of sp³-hybridized carbons (Fsp3) is 0.250. The van der Waals surface area contributed by atoms with E-state index in [4.69, 9.17) is 5.73 Å². The second-order valence-electron chi connectivity index (χ2n) is 5.31. The second kappa shape index (κ2) is 5.48. The number of benzene rings is 2. The lowest BCUT2D eigenvalue weighted by Gasteiger charge is -2.17. The van der Waals surface area contributed by atoms with E-state index in [0.29, 0.717) is 25.1 Å². The number of carbonyl (C=O) groups is 2. The summed E-state index contributed by atoms with van der Waals surface area (Å²) in [4.78, 5) is 25.7. The van der Waals surface area contributed by atoms with Crippen LogP contribution in [-0.4, -0.2) is 29.8 Å². The lowest BCUT2D eigenvalue weighted by Crippen LogP contribution is -2.31. The molecule has 21 heavy (non-hydrogen) atoms. The highest BCUT2D eigenvalue weighted by molar-refractivity contribution is 9.10. The molecule has 2 aromatic carbocycles. The number of likely N-dealkylation sites (tertiary alicyclic amines) is 1. The zero-order chi connectivity index (χ0) is 15.0. The maximum Gasteiger partial charge on any atom is 0.254 e. The van der Waals surface area contributed by atoms with E-state index in [-0.39, 0.29) is 17.7 Å². The number of nitrogens with zero attached hydrogens (tertiary/aromatic N) is 1. The number of amides is 2. The first-order valence-electron chi connectivity index (χ1n) is 6.83. The van der Waals surface area contributed by atoms with Gasteiger partial charge in [0.25, 0.3) is 5.91 Å². The topological polar surface area (TPSA) is 63.4 Å². The van der Waals surface area contributed by atoms with Gasteiger partial charge in [0.2, 0.25) is 5.91 Å². The van der Waals surface area contributed by atoms with Gasteiger partial charge in [-0.1, -0.05) is 40.2 Å². The predicted molar refractivity (Wildman–Crippen MR) is 84.9 cm³/mol. The van der Waals surface area contributed by atoms with Crippen LogP contribution in [0.25, 0.3) is 10.8 Å². The van der Waals surface area contributed by atoms with Crippen LogP contribution >= 0.6 is 15.9 Å². The standard InChI is InChI=1S/C16H15BrN2O2/c17-12-7-10-3-1-2-4-13(10)14(8-12)16(21)19-6-5-11(9-19)15(18)20/h1-4,7-8,11H,5-6,9H2,(H2,18,20)/t11-/m1/s1. The van der Waals surface area contributed by atoms with Crippen LogP contribution in [0, 0.1) is 5.92 Å². The number of carbonyl (C=O) groups excluding carboxylic acids is 2. The molecular weight excluding hydrogens is 332 g/mol. The zero-order valence-corrected chi connectivity index (χ0v) is 13.0. The fourth-order valence-electron chi connectivity index (χ4n) is 2.80. The van der Waals surface area contributed by atoms with Gasteiger partial charge in [-0.05, 0) is 29.3 Å². The van der Waals surface area contributed by atoms with Crippen LogP contribution in [-0.2, 0) is 4.79 Å². The molecule has 4 nitrogen and oxygen atoms in total. The van der Waals surface area contributed by atoms with Gasteiger partial charge in [-0.15, -0.1) is 0 Å². The molecule has 1 fully saturated rings. The summed E-state index contributed by atoms with van der Waals surface area (Å²) in [6.07, 6.45) is 0.646. The van der Waals surface area contributed by atoms with E-state index in [2.05, 4.69) is 15.9 Å². The monoisotopic (exact) mass is 346 g/mol. The summed E-state index contributed by atoms with van der Waals surface area (Å²) in [5.74, 6) is -0.604. The molecule has 1 heterocycles. The molecule has 2 amide bonds. The van der Waals surface area contributed by atoms with Crippen molar-refractivity contribution < 1.29 is 9.59 Å². The third kappa shape index (κ3) is 2.65. The molecule has 1 saturated heterocycles. The molecule has 2 aromatic rings. The number of nitrogens with two attached hydrogens (primary N) is 1. The van der Waals surface area contributed by atoms with Crippen LogP contribution in [0.4, 0.5) is 0 Å². The van der Waals surface area contributed by atoms with Crippen LogP contribution in [0.1, 0.15) is 16.8 Å². The van der Waals surface area contributed by atoms with Gasteiger partial charge in [-0.3, -0.25) is 9.59 Å². The lowest BCUT2D eigenvalue weighted by molar-refractivity contribution is -0.121. The first-order valence-corrected chi connectivity index (χ1v) is 7.62. The van der Waals surface area contributed by atoms with Crippen LogP contribution in [0.5, 0.6) is 0 Å². The van der Waals surface area contributed by atoms with Crippen molar-refractivity contribution in [2.24, 2.45) is 11.7 Å². The van der Waals surface area contributed by atoms with Crippen molar-refractivity contribution in [1.29, 1.82) is 0 Å². The van der Waals surface area contributed by atoms with Crippen molar-refractivity contribution in [3.63, 3.8) is 0 Å². The summed E-state index contributed by atoms with van der Waals surface area (Å²) in [6, 6.07) is 11.6. The molecule has 0 aliphatic carbocycles. The maximum atomic E-state index is 12.7. The van der Waals surface area contributed by atoms with E-state index in [9.17, 15) is 9.59 Å². The quantitative estimate of drug-likeness (QED) is 0.908. The summed E-state index contributed by atoms with van der Waals surface area (Å²) < 4.78 is 0.871. The highest BCUT2D eigenvalue weighted by atomic mass is 79.9. The van der Waals surface area contributed by atoms with Crippen LogP contribution < -0.4 is 5.73 Å². The predicted octanol–water partition coefficient (Wildman–Crippen LogP) is 2.55. The first-order chi connectivity index (χ1) is 10.1. The Balaban J connectivity index is 1.97. The average Bonchev–Trinajstić information content (AvgIpc) is 2.95. The number of rotatable bonds is 2. The Labute approximate surface area is 131 Å². The minimum Gasteiger partial charge on any atom is -0.369 e. The van der Waals surface area contributed by atoms with Crippen molar-refractivity contribution in [3.8, 4) is 0 Å². The zero-order valence-electron chi connectivity index (χ0n) is 11.4. The van der Waals surface area contributed by atoms with Crippen LogP contribution in [0.15, 0.2) is 40.9 Å². The van der Waals surface area contributed by atoms with E-state index >= 15 is 0 Å². The fourth-order valence-corrected chi connectivity index (χ4v) is 3.27. The third-order valence-electron chi connectivity index (χ3n) is 3.93. The van der Waals surface area contributed by atoms with Gasteiger partial charge in [-0.2, -0.15) is 0 Å². The van der Waals surface area contributed by atoms with Gasteiger partial charge in [0.15, 0.2) is 0 Å². The number of primary amides is 1. The van der Waals surface area contributed by atoms with E-state index in [1.54, 1.807) is 4.90 Å². The summed E-state index contributed by atoms with van der Waals surface area (Å²) in [5, 5.41) is 1.94. The number of halogens is 1. The van der Waals surface area contributed by atoms with Gasteiger partial charge in [0.05, 0.1) is 5.92 Å². The molecule has 1 aliphatic heterocycles. The SMILES string of the molecule is NC(=O)[C@@H]1CCN(C(=O)c2cc(Br)cc3ccccc23)C1. The smallest absolute Gasteiger partial charge is 0.254 e. The van der Waals surface area contributed by atoms with Gasteiger partial charge < -0.3 is 10.6 Å². The molecule has 1 atom stereocenters. The summed E-state index contributed by atoms with van der Waals surface area (Å²) in [5.41, 5.74) is 5.99. The molecule has 0 radical (unpaired) electrons. The molecule has 5 heteroatoms. The van der Waals surface area contributed by atoms with E-state index in [0.717, 1.165) is 15.2 Å². The Bertz CT molecular complexity index is 729. The molecule has 2 N–H and O–H groups in total. The molecule has 0 spiro atoms. The van der Waals surface area contributed by atoms with Crippen molar-refractivity contribution in [2.75, 3.05) is 13.1 Å². The lowest BCUT2D eigenvalue weighted by atomic mass is 10.0. The summed E-state index contributed by atoms with van der Waals surface area (Å²) >= 11 is 3.45. The molecule has 0 saturated carbocycles. The van der Waals surface area contributed by atoms with E-state index < -0.39 is 0 Å². The van der Waals surface area contributed by atoms with Crippen molar-refractivity contribution in [1.82, 2.24) is 4.90 Å². The van der Waals surface area contributed by atoms with Gasteiger partial charge in [0.1, 0.15) is 0 Å². The number of hydrogen-bond acceptors (Lipinski definition) is 2. The minimum atomic E-state index is -0.329. The first kappa shape index (κ1) is 14.1. The molecule has 0 unspecified atom stereocenters. The van der Waals surface area contributed by atoms with Gasteiger partial charge >= 0.3 is 0 Å². The van der Waals surface area contributed by atoms with E-state index in [1.165, 1.54) is 0 Å². The van der Waals surface area contributed by atoms with Gasteiger partial charge in [-0.25, -0.2) is 0 Å². The van der Waals surface area contributed by atoms with Crippen molar-refractivity contribution in [2.45, 2.75) is 6.42 Å². The normalized spacial score (nSPS) is 18.1. The van der Waals surface area contributed by atoms with Crippen LogP contribution in [0.3, 0.4) is 0 Å². The molecule has 108 valence electrons. The third-order valence-corrected chi connectivity index (χ3v) is 4.39. The Morgan fingerprint density at radius 2 is 2.00 bits per heavy atom. The average molecular weight is 347 g/mol. The Morgan fingerprint density at radius 3 is 2.71 bits per heavy atom. The maximum absolute atomic E-state index is 12.7. The number of hydrogen-bond donors (Lipinski definition) is 1. The Hall–Kier alpha value is -1.88. The molecule has 3 rings (SSSR count). The molecule has 1 aliphatic rings. The highest BCUT2D eigenvalue weighted by Gasteiger charge is 2.30. The minimum absolute atomic E-state index is 0.0451. The van der Waals surface area contributed by atoms with Gasteiger partial charge in [0, 0.05) is 23.1 Å². The molecule has 0 bridgehead atoms. The Kier molecular flexibility index (Phi) is 3.68. The largest absolute Gasteiger partial charge is 0.369 e.